The number of nitrogens with zero attached hydrogens (tertiary/aromatic N) is 1. The highest BCUT2D eigenvalue weighted by atomic mass is 32.1. The van der Waals surface area contributed by atoms with Gasteiger partial charge in [-0.15, -0.1) is 0 Å². The molecular formula is C30H33N3O5S. The Bertz CT molecular complexity index is 1450. The van der Waals surface area contributed by atoms with E-state index in [0.29, 0.717) is 60.1 Å². The number of nitrogens with one attached hydrogen (secondary N) is 2. The molecule has 0 saturated heterocycles. The lowest BCUT2D eigenvalue weighted by Crippen LogP contribution is -2.34. The van der Waals surface area contributed by atoms with Crippen LogP contribution in [0.2, 0.25) is 0 Å². The van der Waals surface area contributed by atoms with Gasteiger partial charge in [0, 0.05) is 16.8 Å². The van der Waals surface area contributed by atoms with Crippen LogP contribution >= 0.6 is 12.2 Å². The zero-order valence-electron chi connectivity index (χ0n) is 22.8. The zero-order valence-corrected chi connectivity index (χ0v) is 23.6. The third kappa shape index (κ3) is 6.67. The van der Waals surface area contributed by atoms with Gasteiger partial charge in [-0.3, -0.25) is 10.1 Å². The second-order valence-electron chi connectivity index (χ2n) is 8.99. The van der Waals surface area contributed by atoms with Crippen LogP contribution < -0.4 is 24.8 Å². The Morgan fingerprint density at radius 2 is 1.64 bits per heavy atom. The van der Waals surface area contributed by atoms with Gasteiger partial charge in [-0.2, -0.15) is 0 Å². The van der Waals surface area contributed by atoms with Crippen LogP contribution in [0.25, 0.3) is 22.6 Å². The summed E-state index contributed by atoms with van der Waals surface area (Å²) in [6.07, 6.45) is 0. The molecule has 0 unspecified atom stereocenters. The van der Waals surface area contributed by atoms with Crippen molar-refractivity contribution in [1.29, 1.82) is 0 Å². The predicted molar refractivity (Wildman–Crippen MR) is 157 cm³/mol. The molecule has 4 aromatic rings. The summed E-state index contributed by atoms with van der Waals surface area (Å²) in [6, 6.07) is 16.8. The fraction of sp³-hybridized carbons (Fsp3) is 0.300. The van der Waals surface area contributed by atoms with Crippen molar-refractivity contribution in [3.05, 3.63) is 65.7 Å². The van der Waals surface area contributed by atoms with E-state index < -0.39 is 5.91 Å². The van der Waals surface area contributed by atoms with Gasteiger partial charge < -0.3 is 23.9 Å². The molecule has 0 aliphatic heterocycles. The number of carbonyl (C=O) groups excluding carboxylic acids is 1. The van der Waals surface area contributed by atoms with E-state index in [1.807, 2.05) is 51.1 Å². The van der Waals surface area contributed by atoms with Crippen LogP contribution in [0.15, 0.2) is 59.0 Å². The Morgan fingerprint density at radius 1 is 0.949 bits per heavy atom. The number of hydrogen-bond acceptors (Lipinski definition) is 7. The summed E-state index contributed by atoms with van der Waals surface area (Å²) < 4.78 is 23.1. The van der Waals surface area contributed by atoms with Crippen molar-refractivity contribution in [3.8, 4) is 28.7 Å². The summed E-state index contributed by atoms with van der Waals surface area (Å²) in [5, 5.41) is 5.93. The van der Waals surface area contributed by atoms with E-state index in [0.717, 1.165) is 16.7 Å². The van der Waals surface area contributed by atoms with E-state index in [1.54, 1.807) is 12.1 Å². The molecule has 39 heavy (non-hydrogen) atoms. The van der Waals surface area contributed by atoms with Crippen LogP contribution in [0.1, 0.15) is 56.5 Å². The number of thiocarbonyl (C=S) groups is 1. The number of amides is 1. The lowest BCUT2D eigenvalue weighted by molar-refractivity contribution is 0.0976. The van der Waals surface area contributed by atoms with Crippen LogP contribution in [0.3, 0.4) is 0 Å². The van der Waals surface area contributed by atoms with Gasteiger partial charge in [0.2, 0.25) is 11.6 Å². The first-order chi connectivity index (χ1) is 18.8. The number of oxazole rings is 1. The Morgan fingerprint density at radius 3 is 2.28 bits per heavy atom. The first kappa shape index (κ1) is 27.9. The van der Waals surface area contributed by atoms with Gasteiger partial charge in [0.15, 0.2) is 22.2 Å². The van der Waals surface area contributed by atoms with Gasteiger partial charge in [0.05, 0.1) is 19.8 Å². The summed E-state index contributed by atoms with van der Waals surface area (Å²) in [6.45, 7) is 11.1. The molecule has 4 rings (SSSR count). The molecule has 0 aliphatic rings. The molecule has 0 saturated carbocycles. The maximum atomic E-state index is 13.1. The molecule has 0 bridgehead atoms. The maximum absolute atomic E-state index is 13.1. The maximum Gasteiger partial charge on any atom is 0.257 e. The lowest BCUT2D eigenvalue weighted by atomic mass is 10.0. The number of fused-ring (bicyclic) bond motifs is 1. The Kier molecular flexibility index (Phi) is 9.03. The van der Waals surface area contributed by atoms with Crippen molar-refractivity contribution in [1.82, 2.24) is 10.3 Å². The van der Waals surface area contributed by atoms with E-state index in [2.05, 4.69) is 41.6 Å². The SMILES string of the molecule is CCOc1cc(C(=O)NC(=S)Nc2cccc(-c3nc4cc(C(C)C)ccc4o3)c2)cc(OCC)c1OCC. The number of anilines is 1. The molecule has 1 aromatic heterocycles. The highest BCUT2D eigenvalue weighted by molar-refractivity contribution is 7.80. The largest absolute Gasteiger partial charge is 0.490 e. The summed E-state index contributed by atoms with van der Waals surface area (Å²) in [5.41, 5.74) is 4.53. The monoisotopic (exact) mass is 547 g/mol. The number of aromatic nitrogens is 1. The van der Waals surface area contributed by atoms with E-state index in [-0.39, 0.29) is 5.11 Å². The minimum Gasteiger partial charge on any atom is -0.490 e. The van der Waals surface area contributed by atoms with Gasteiger partial charge in [0.1, 0.15) is 5.52 Å². The molecule has 2 N–H and O–H groups in total. The minimum absolute atomic E-state index is 0.140. The van der Waals surface area contributed by atoms with Gasteiger partial charge in [0.25, 0.3) is 5.91 Å². The molecule has 9 heteroatoms. The van der Waals surface area contributed by atoms with Gasteiger partial charge >= 0.3 is 0 Å². The molecule has 0 atom stereocenters. The van der Waals surface area contributed by atoms with Crippen molar-refractivity contribution >= 4 is 40.0 Å². The fourth-order valence-corrected chi connectivity index (χ4v) is 4.22. The number of rotatable bonds is 10. The number of carbonyl (C=O) groups is 1. The lowest BCUT2D eigenvalue weighted by Gasteiger charge is -2.17. The molecule has 1 heterocycles. The third-order valence-corrected chi connectivity index (χ3v) is 6.05. The quantitative estimate of drug-likeness (QED) is 0.206. The summed E-state index contributed by atoms with van der Waals surface area (Å²) in [7, 11) is 0. The van der Waals surface area contributed by atoms with Crippen molar-refractivity contribution in [2.75, 3.05) is 25.1 Å². The molecule has 0 radical (unpaired) electrons. The van der Waals surface area contributed by atoms with Crippen molar-refractivity contribution < 1.29 is 23.4 Å². The number of ether oxygens (including phenoxy) is 3. The second-order valence-corrected chi connectivity index (χ2v) is 9.40. The van der Waals surface area contributed by atoms with E-state index in [1.165, 1.54) is 5.56 Å². The molecule has 0 aliphatic carbocycles. The van der Waals surface area contributed by atoms with Gasteiger partial charge in [-0.1, -0.05) is 26.0 Å². The smallest absolute Gasteiger partial charge is 0.257 e. The van der Waals surface area contributed by atoms with Crippen molar-refractivity contribution in [2.45, 2.75) is 40.5 Å². The summed E-state index contributed by atoms with van der Waals surface area (Å²) in [4.78, 5) is 17.7. The molecule has 8 nitrogen and oxygen atoms in total. The molecule has 204 valence electrons. The Hall–Kier alpha value is -4.11. The minimum atomic E-state index is -0.409. The van der Waals surface area contributed by atoms with Crippen molar-refractivity contribution in [2.24, 2.45) is 0 Å². The highest BCUT2D eigenvalue weighted by Gasteiger charge is 2.19. The van der Waals surface area contributed by atoms with E-state index in [9.17, 15) is 4.79 Å². The fourth-order valence-electron chi connectivity index (χ4n) is 4.01. The van der Waals surface area contributed by atoms with Crippen LogP contribution in [-0.2, 0) is 0 Å². The molecule has 0 fully saturated rings. The summed E-state index contributed by atoms with van der Waals surface area (Å²) in [5.74, 6) is 1.83. The third-order valence-electron chi connectivity index (χ3n) is 5.84. The Labute approximate surface area is 233 Å². The second kappa shape index (κ2) is 12.6. The van der Waals surface area contributed by atoms with Crippen LogP contribution in [0.5, 0.6) is 17.2 Å². The number of benzene rings is 3. The van der Waals surface area contributed by atoms with Crippen LogP contribution in [0, 0.1) is 0 Å². The molecule has 1 amide bonds. The normalized spacial score (nSPS) is 10.9. The van der Waals surface area contributed by atoms with Crippen LogP contribution in [-0.4, -0.2) is 35.8 Å². The molecular weight excluding hydrogens is 514 g/mol. The van der Waals surface area contributed by atoms with Gasteiger partial charge in [-0.05, 0) is 86.9 Å². The molecule has 3 aromatic carbocycles. The van der Waals surface area contributed by atoms with Gasteiger partial charge in [-0.25, -0.2) is 4.98 Å². The molecule has 0 spiro atoms. The topological polar surface area (TPSA) is 94.9 Å². The zero-order chi connectivity index (χ0) is 27.9. The summed E-state index contributed by atoms with van der Waals surface area (Å²) >= 11 is 5.43. The first-order valence-corrected chi connectivity index (χ1v) is 13.4. The average Bonchev–Trinajstić information content (AvgIpc) is 3.34. The van der Waals surface area contributed by atoms with Crippen LogP contribution in [0.4, 0.5) is 5.69 Å². The van der Waals surface area contributed by atoms with E-state index >= 15 is 0 Å². The van der Waals surface area contributed by atoms with E-state index in [4.69, 9.17) is 30.8 Å². The Balaban J connectivity index is 1.50. The highest BCUT2D eigenvalue weighted by Crippen LogP contribution is 2.39. The average molecular weight is 548 g/mol. The van der Waals surface area contributed by atoms with Crippen molar-refractivity contribution in [3.63, 3.8) is 0 Å². The number of hydrogen-bond donors (Lipinski definition) is 2. The standard InChI is InChI=1S/C30H33N3O5S/c1-6-35-25-16-21(17-26(36-7-2)27(25)37-8-3)28(34)33-30(39)31-22-11-9-10-20(14-22)29-32-23-15-19(18(4)5)12-13-24(23)38-29/h9-18H,6-8H2,1-5H3,(H2,31,33,34,39). The first-order valence-electron chi connectivity index (χ1n) is 13.0. The predicted octanol–water partition coefficient (Wildman–Crippen LogP) is 6.94.